The maximum atomic E-state index is 11.7. The molecule has 15 heavy (non-hydrogen) atoms. The summed E-state index contributed by atoms with van der Waals surface area (Å²) in [6.45, 7) is 3.96. The SMILES string of the molecule is CC(C)N(C)S(=O)(=O)NC(C)(CO)CO. The maximum absolute atomic E-state index is 11.7. The van der Waals surface area contributed by atoms with E-state index in [1.54, 1.807) is 13.8 Å². The first-order valence-corrected chi connectivity index (χ1v) is 6.11. The molecule has 0 aromatic carbocycles. The summed E-state index contributed by atoms with van der Waals surface area (Å²) < 4.78 is 26.8. The number of hydrogen-bond acceptors (Lipinski definition) is 4. The average molecular weight is 240 g/mol. The third-order valence-electron chi connectivity index (χ3n) is 2.18. The molecule has 3 N–H and O–H groups in total. The highest BCUT2D eigenvalue weighted by Crippen LogP contribution is 2.08. The van der Waals surface area contributed by atoms with Gasteiger partial charge in [-0.2, -0.15) is 17.4 Å². The fraction of sp³-hybridized carbons (Fsp3) is 1.00. The molecule has 0 aliphatic heterocycles. The molecule has 0 heterocycles. The predicted octanol–water partition coefficient (Wildman–Crippen LogP) is -1.10. The van der Waals surface area contributed by atoms with Crippen LogP contribution in [0, 0.1) is 0 Å². The summed E-state index contributed by atoms with van der Waals surface area (Å²) in [5.74, 6) is 0. The van der Waals surface area contributed by atoms with Crippen molar-refractivity contribution in [2.45, 2.75) is 32.4 Å². The Kier molecular flexibility index (Phi) is 5.15. The highest BCUT2D eigenvalue weighted by Gasteiger charge is 2.31. The van der Waals surface area contributed by atoms with E-state index in [4.69, 9.17) is 10.2 Å². The molecule has 92 valence electrons. The van der Waals surface area contributed by atoms with Crippen LogP contribution in [-0.2, 0) is 10.2 Å². The van der Waals surface area contributed by atoms with Crippen LogP contribution in [0.4, 0.5) is 0 Å². The predicted molar refractivity (Wildman–Crippen MR) is 57.5 cm³/mol. The third-order valence-corrected chi connectivity index (χ3v) is 4.11. The molecule has 0 amide bonds. The van der Waals surface area contributed by atoms with Crippen LogP contribution < -0.4 is 4.72 Å². The summed E-state index contributed by atoms with van der Waals surface area (Å²) in [7, 11) is -2.25. The van der Waals surface area contributed by atoms with Crippen LogP contribution >= 0.6 is 0 Å². The lowest BCUT2D eigenvalue weighted by Crippen LogP contribution is -2.56. The van der Waals surface area contributed by atoms with E-state index in [0.717, 1.165) is 4.31 Å². The fourth-order valence-electron chi connectivity index (χ4n) is 0.775. The zero-order valence-corrected chi connectivity index (χ0v) is 10.4. The number of aliphatic hydroxyl groups excluding tert-OH is 2. The van der Waals surface area contributed by atoms with E-state index in [2.05, 4.69) is 4.72 Å². The lowest BCUT2D eigenvalue weighted by molar-refractivity contribution is 0.120. The maximum Gasteiger partial charge on any atom is 0.280 e. The molecular weight excluding hydrogens is 220 g/mol. The van der Waals surface area contributed by atoms with Crippen molar-refractivity contribution in [3.05, 3.63) is 0 Å². The smallest absolute Gasteiger partial charge is 0.280 e. The van der Waals surface area contributed by atoms with Gasteiger partial charge in [0.1, 0.15) is 0 Å². The molecule has 0 aliphatic rings. The Bertz CT molecular complexity index is 285. The minimum absolute atomic E-state index is 0.191. The monoisotopic (exact) mass is 240 g/mol. The van der Waals surface area contributed by atoms with Gasteiger partial charge in [-0.15, -0.1) is 0 Å². The number of rotatable bonds is 6. The average Bonchev–Trinajstić information content (AvgIpc) is 2.15. The van der Waals surface area contributed by atoms with Gasteiger partial charge in [0, 0.05) is 13.1 Å². The van der Waals surface area contributed by atoms with E-state index >= 15 is 0 Å². The van der Waals surface area contributed by atoms with Crippen molar-refractivity contribution in [3.8, 4) is 0 Å². The Labute approximate surface area is 91.1 Å². The molecule has 0 bridgehead atoms. The van der Waals surface area contributed by atoms with Crippen LogP contribution in [-0.4, -0.2) is 54.8 Å². The fourth-order valence-corrected chi connectivity index (χ4v) is 2.23. The summed E-state index contributed by atoms with van der Waals surface area (Å²) in [6.07, 6.45) is 0. The summed E-state index contributed by atoms with van der Waals surface area (Å²) in [5, 5.41) is 17.9. The zero-order chi connectivity index (χ0) is 12.3. The summed E-state index contributed by atoms with van der Waals surface area (Å²) >= 11 is 0. The molecule has 0 saturated heterocycles. The van der Waals surface area contributed by atoms with Crippen LogP contribution in [0.15, 0.2) is 0 Å². The zero-order valence-electron chi connectivity index (χ0n) is 9.56. The van der Waals surface area contributed by atoms with Gasteiger partial charge < -0.3 is 10.2 Å². The first-order valence-electron chi connectivity index (χ1n) is 4.67. The van der Waals surface area contributed by atoms with E-state index in [0.29, 0.717) is 0 Å². The van der Waals surface area contributed by atoms with E-state index in [-0.39, 0.29) is 6.04 Å². The van der Waals surface area contributed by atoms with Crippen molar-refractivity contribution in [2.24, 2.45) is 0 Å². The van der Waals surface area contributed by atoms with Crippen LogP contribution in [0.5, 0.6) is 0 Å². The quantitative estimate of drug-likeness (QED) is 0.550. The van der Waals surface area contributed by atoms with Gasteiger partial charge in [0.2, 0.25) is 0 Å². The molecule has 6 nitrogen and oxygen atoms in total. The van der Waals surface area contributed by atoms with Gasteiger partial charge in [-0.3, -0.25) is 0 Å². The molecular formula is C8H20N2O4S. The highest BCUT2D eigenvalue weighted by molar-refractivity contribution is 7.87. The van der Waals surface area contributed by atoms with E-state index in [1.807, 2.05) is 0 Å². The second kappa shape index (κ2) is 5.22. The van der Waals surface area contributed by atoms with Gasteiger partial charge in [-0.05, 0) is 20.8 Å². The van der Waals surface area contributed by atoms with Crippen LogP contribution in [0.25, 0.3) is 0 Å². The largest absolute Gasteiger partial charge is 0.394 e. The summed E-state index contributed by atoms with van der Waals surface area (Å²) in [6, 6.07) is -0.191. The van der Waals surface area contributed by atoms with Crippen molar-refractivity contribution in [3.63, 3.8) is 0 Å². The molecule has 0 rings (SSSR count). The first kappa shape index (κ1) is 14.8. The highest BCUT2D eigenvalue weighted by atomic mass is 32.2. The van der Waals surface area contributed by atoms with Gasteiger partial charge in [0.25, 0.3) is 10.2 Å². The lowest BCUT2D eigenvalue weighted by Gasteiger charge is -2.30. The van der Waals surface area contributed by atoms with Gasteiger partial charge >= 0.3 is 0 Å². The van der Waals surface area contributed by atoms with Crippen LogP contribution in [0.1, 0.15) is 20.8 Å². The summed E-state index contributed by atoms with van der Waals surface area (Å²) in [4.78, 5) is 0. The third kappa shape index (κ3) is 4.04. The van der Waals surface area contributed by atoms with Crippen molar-refractivity contribution in [1.29, 1.82) is 0 Å². The van der Waals surface area contributed by atoms with Crippen molar-refractivity contribution < 1.29 is 18.6 Å². The molecule has 0 aromatic heterocycles. The minimum Gasteiger partial charge on any atom is -0.394 e. The van der Waals surface area contributed by atoms with E-state index in [1.165, 1.54) is 14.0 Å². The Morgan fingerprint density at radius 3 is 2.00 bits per heavy atom. The molecule has 0 aliphatic carbocycles. The molecule has 0 spiro atoms. The number of nitrogens with zero attached hydrogens (tertiary/aromatic N) is 1. The number of nitrogens with one attached hydrogen (secondary N) is 1. The molecule has 0 aromatic rings. The second-order valence-corrected chi connectivity index (χ2v) is 5.82. The van der Waals surface area contributed by atoms with Gasteiger partial charge in [0.05, 0.1) is 18.8 Å². The molecule has 0 fully saturated rings. The number of aliphatic hydroxyl groups is 2. The molecule has 7 heteroatoms. The van der Waals surface area contributed by atoms with Crippen molar-refractivity contribution in [2.75, 3.05) is 20.3 Å². The Hall–Kier alpha value is -0.210. The molecule has 0 atom stereocenters. The number of hydrogen-bond donors (Lipinski definition) is 3. The Morgan fingerprint density at radius 2 is 1.73 bits per heavy atom. The minimum atomic E-state index is -3.68. The first-order chi connectivity index (χ1) is 6.68. The Morgan fingerprint density at radius 1 is 1.33 bits per heavy atom. The molecule has 0 radical (unpaired) electrons. The molecule has 0 saturated carbocycles. The second-order valence-electron chi connectivity index (χ2n) is 4.09. The lowest BCUT2D eigenvalue weighted by atomic mass is 10.1. The Balaban J connectivity index is 4.79. The van der Waals surface area contributed by atoms with E-state index < -0.39 is 29.0 Å². The van der Waals surface area contributed by atoms with Gasteiger partial charge in [0.15, 0.2) is 0 Å². The van der Waals surface area contributed by atoms with Crippen LogP contribution in [0.2, 0.25) is 0 Å². The topological polar surface area (TPSA) is 89.9 Å². The van der Waals surface area contributed by atoms with E-state index in [9.17, 15) is 8.42 Å². The standard InChI is InChI=1S/C8H20N2O4S/c1-7(2)10(4)15(13,14)9-8(3,5-11)6-12/h7,9,11-12H,5-6H2,1-4H3. The summed E-state index contributed by atoms with van der Waals surface area (Å²) in [5.41, 5.74) is -1.23. The van der Waals surface area contributed by atoms with Gasteiger partial charge in [-0.25, -0.2) is 0 Å². The van der Waals surface area contributed by atoms with Crippen molar-refractivity contribution in [1.82, 2.24) is 9.03 Å². The van der Waals surface area contributed by atoms with Crippen molar-refractivity contribution >= 4 is 10.2 Å². The van der Waals surface area contributed by atoms with Gasteiger partial charge in [-0.1, -0.05) is 0 Å². The molecule has 0 unspecified atom stereocenters. The van der Waals surface area contributed by atoms with Crippen LogP contribution in [0.3, 0.4) is 0 Å². The normalized spacial score (nSPS) is 13.9.